The summed E-state index contributed by atoms with van der Waals surface area (Å²) in [7, 11) is 2.10. The van der Waals surface area contributed by atoms with Crippen molar-refractivity contribution in [2.45, 2.75) is 52.4 Å². The van der Waals surface area contributed by atoms with Crippen LogP contribution in [0.15, 0.2) is 18.2 Å². The Balaban J connectivity index is 2.23. The van der Waals surface area contributed by atoms with Gasteiger partial charge in [0.1, 0.15) is 0 Å². The van der Waals surface area contributed by atoms with E-state index in [9.17, 15) is 0 Å². The maximum atomic E-state index is 3.44. The zero-order valence-electron chi connectivity index (χ0n) is 12.2. The summed E-state index contributed by atoms with van der Waals surface area (Å²) < 4.78 is 0. The minimum atomic E-state index is 0.504. The molecule has 1 aromatic rings. The molecule has 0 atom stereocenters. The molecule has 0 unspecified atom stereocenters. The standard InChI is InChI=1S/C17H27N/c1-14-8-7-9-15(2)16(14)12-17(13-18-3)10-5-4-6-11-17/h7-9,18H,4-6,10-13H2,1-3H3. The Bertz CT molecular complexity index is 363. The summed E-state index contributed by atoms with van der Waals surface area (Å²) in [4.78, 5) is 0. The lowest BCUT2D eigenvalue weighted by atomic mass is 9.69. The first-order valence-corrected chi connectivity index (χ1v) is 7.37. The number of nitrogens with one attached hydrogen (secondary N) is 1. The molecule has 1 N–H and O–H groups in total. The molecular weight excluding hydrogens is 218 g/mol. The van der Waals surface area contributed by atoms with Crippen LogP contribution < -0.4 is 5.32 Å². The first-order chi connectivity index (χ1) is 8.67. The highest BCUT2D eigenvalue weighted by Crippen LogP contribution is 2.39. The van der Waals surface area contributed by atoms with E-state index in [1.165, 1.54) is 56.2 Å². The Hall–Kier alpha value is -0.820. The minimum absolute atomic E-state index is 0.504. The van der Waals surface area contributed by atoms with E-state index in [1.807, 2.05) is 0 Å². The quantitative estimate of drug-likeness (QED) is 0.845. The Labute approximate surface area is 112 Å². The molecule has 0 aromatic heterocycles. The fourth-order valence-corrected chi connectivity index (χ4v) is 3.60. The molecule has 18 heavy (non-hydrogen) atoms. The second-order valence-electron chi connectivity index (χ2n) is 6.14. The van der Waals surface area contributed by atoms with Gasteiger partial charge in [-0.2, -0.15) is 0 Å². The van der Waals surface area contributed by atoms with Gasteiger partial charge in [-0.15, -0.1) is 0 Å². The van der Waals surface area contributed by atoms with Crippen molar-refractivity contribution in [2.24, 2.45) is 5.41 Å². The predicted octanol–water partition coefficient (Wildman–Crippen LogP) is 4.02. The average molecular weight is 245 g/mol. The summed E-state index contributed by atoms with van der Waals surface area (Å²) in [5.41, 5.74) is 5.03. The van der Waals surface area contributed by atoms with Gasteiger partial charge in [0.2, 0.25) is 0 Å². The Morgan fingerprint density at radius 2 is 1.67 bits per heavy atom. The molecule has 1 aliphatic rings. The third kappa shape index (κ3) is 2.95. The van der Waals surface area contributed by atoms with Crippen LogP contribution in [-0.4, -0.2) is 13.6 Å². The van der Waals surface area contributed by atoms with Crippen molar-refractivity contribution in [1.29, 1.82) is 0 Å². The van der Waals surface area contributed by atoms with Crippen LogP contribution in [0.1, 0.15) is 48.8 Å². The van der Waals surface area contributed by atoms with Gasteiger partial charge in [-0.1, -0.05) is 37.5 Å². The van der Waals surface area contributed by atoms with Crippen molar-refractivity contribution in [3.63, 3.8) is 0 Å². The van der Waals surface area contributed by atoms with E-state index in [0.717, 1.165) is 0 Å². The van der Waals surface area contributed by atoms with E-state index in [-0.39, 0.29) is 0 Å². The van der Waals surface area contributed by atoms with Crippen molar-refractivity contribution in [2.75, 3.05) is 13.6 Å². The fraction of sp³-hybridized carbons (Fsp3) is 0.647. The van der Waals surface area contributed by atoms with Crippen molar-refractivity contribution in [3.05, 3.63) is 34.9 Å². The topological polar surface area (TPSA) is 12.0 Å². The number of aryl methyl sites for hydroxylation is 2. The van der Waals surface area contributed by atoms with E-state index in [4.69, 9.17) is 0 Å². The number of rotatable bonds is 4. The largest absolute Gasteiger partial charge is 0.319 e. The third-order valence-electron chi connectivity index (χ3n) is 4.66. The molecule has 0 aliphatic heterocycles. The minimum Gasteiger partial charge on any atom is -0.319 e. The lowest BCUT2D eigenvalue weighted by Crippen LogP contribution is -2.37. The lowest BCUT2D eigenvalue weighted by molar-refractivity contribution is 0.184. The second kappa shape index (κ2) is 5.88. The van der Waals surface area contributed by atoms with E-state index in [0.29, 0.717) is 5.41 Å². The summed E-state index contributed by atoms with van der Waals surface area (Å²) in [6.45, 7) is 5.69. The van der Waals surface area contributed by atoms with Gasteiger partial charge in [0.25, 0.3) is 0 Å². The highest BCUT2D eigenvalue weighted by molar-refractivity contribution is 5.34. The molecule has 0 radical (unpaired) electrons. The van der Waals surface area contributed by atoms with Crippen molar-refractivity contribution in [1.82, 2.24) is 5.32 Å². The maximum absolute atomic E-state index is 3.44. The molecule has 0 spiro atoms. The molecule has 2 rings (SSSR count). The van der Waals surface area contributed by atoms with E-state index < -0.39 is 0 Å². The smallest absolute Gasteiger partial charge is 0.000800 e. The van der Waals surface area contributed by atoms with Crippen LogP contribution in [0.5, 0.6) is 0 Å². The number of hydrogen-bond donors (Lipinski definition) is 1. The number of benzene rings is 1. The molecule has 0 amide bonds. The normalized spacial score (nSPS) is 18.8. The fourth-order valence-electron chi connectivity index (χ4n) is 3.60. The molecule has 0 heterocycles. The van der Waals surface area contributed by atoms with Crippen LogP contribution in [0.25, 0.3) is 0 Å². The summed E-state index contributed by atoms with van der Waals surface area (Å²) in [6.07, 6.45) is 8.28. The monoisotopic (exact) mass is 245 g/mol. The molecule has 0 bridgehead atoms. The van der Waals surface area contributed by atoms with Crippen LogP contribution in [0, 0.1) is 19.3 Å². The van der Waals surface area contributed by atoms with Crippen LogP contribution in [0.2, 0.25) is 0 Å². The summed E-state index contributed by atoms with van der Waals surface area (Å²) >= 11 is 0. The van der Waals surface area contributed by atoms with Gasteiger partial charge >= 0.3 is 0 Å². The van der Waals surface area contributed by atoms with Gasteiger partial charge in [-0.25, -0.2) is 0 Å². The highest BCUT2D eigenvalue weighted by atomic mass is 14.8. The van der Waals surface area contributed by atoms with Crippen LogP contribution >= 0.6 is 0 Å². The van der Waals surface area contributed by atoms with Gasteiger partial charge in [-0.3, -0.25) is 0 Å². The molecule has 100 valence electrons. The highest BCUT2D eigenvalue weighted by Gasteiger charge is 2.32. The van der Waals surface area contributed by atoms with Gasteiger partial charge < -0.3 is 5.32 Å². The van der Waals surface area contributed by atoms with Gasteiger partial charge in [0.15, 0.2) is 0 Å². The van der Waals surface area contributed by atoms with E-state index in [2.05, 4.69) is 44.4 Å². The maximum Gasteiger partial charge on any atom is 0.000800 e. The molecule has 0 saturated heterocycles. The van der Waals surface area contributed by atoms with E-state index >= 15 is 0 Å². The van der Waals surface area contributed by atoms with Crippen LogP contribution in [0.4, 0.5) is 0 Å². The molecule has 1 fully saturated rings. The molecule has 1 aromatic carbocycles. The Morgan fingerprint density at radius 3 is 2.22 bits per heavy atom. The zero-order valence-corrected chi connectivity index (χ0v) is 12.2. The van der Waals surface area contributed by atoms with Crippen LogP contribution in [0.3, 0.4) is 0 Å². The zero-order chi connectivity index (χ0) is 13.0. The summed E-state index contributed by atoms with van der Waals surface area (Å²) in [5, 5.41) is 3.44. The first kappa shape index (κ1) is 13.6. The van der Waals surface area contributed by atoms with Gasteiger partial charge in [0.05, 0.1) is 0 Å². The molecule has 1 heteroatoms. The first-order valence-electron chi connectivity index (χ1n) is 7.37. The Kier molecular flexibility index (Phi) is 4.45. The van der Waals surface area contributed by atoms with Crippen molar-refractivity contribution < 1.29 is 0 Å². The number of hydrogen-bond acceptors (Lipinski definition) is 1. The van der Waals surface area contributed by atoms with E-state index in [1.54, 1.807) is 5.56 Å². The Morgan fingerprint density at radius 1 is 1.06 bits per heavy atom. The SMILES string of the molecule is CNCC1(Cc2c(C)cccc2C)CCCCC1. The molecule has 1 nitrogen and oxygen atoms in total. The third-order valence-corrected chi connectivity index (χ3v) is 4.66. The summed E-state index contributed by atoms with van der Waals surface area (Å²) in [5.74, 6) is 0. The predicted molar refractivity (Wildman–Crippen MR) is 79.1 cm³/mol. The molecule has 1 saturated carbocycles. The average Bonchev–Trinajstić information content (AvgIpc) is 2.36. The van der Waals surface area contributed by atoms with Crippen molar-refractivity contribution in [3.8, 4) is 0 Å². The summed E-state index contributed by atoms with van der Waals surface area (Å²) in [6, 6.07) is 6.70. The second-order valence-corrected chi connectivity index (χ2v) is 6.14. The van der Waals surface area contributed by atoms with Crippen LogP contribution in [-0.2, 0) is 6.42 Å². The van der Waals surface area contributed by atoms with Gasteiger partial charge in [0, 0.05) is 6.54 Å². The van der Waals surface area contributed by atoms with Crippen molar-refractivity contribution >= 4 is 0 Å². The lowest BCUT2D eigenvalue weighted by Gasteiger charge is -2.38. The molecular formula is C17H27N. The van der Waals surface area contributed by atoms with Gasteiger partial charge in [-0.05, 0) is 62.3 Å². The molecule has 1 aliphatic carbocycles.